The second-order valence-corrected chi connectivity index (χ2v) is 3.74. The van der Waals surface area contributed by atoms with Crippen molar-refractivity contribution in [2.24, 2.45) is 0 Å². The number of nitriles is 1. The number of carbonyl (C=O) groups is 2. The Bertz CT molecular complexity index is 505. The zero-order valence-electron chi connectivity index (χ0n) is 9.77. The average molecular weight is 268 g/mol. The van der Waals surface area contributed by atoms with Gasteiger partial charge in [-0.05, 0) is 17.7 Å². The summed E-state index contributed by atoms with van der Waals surface area (Å²) in [7, 11) is 2.34. The summed E-state index contributed by atoms with van der Waals surface area (Å²) in [6.45, 7) is 0. The number of carbonyl (C=O) groups excluding carboxylic acids is 2. The number of nitrogens with zero attached hydrogens (tertiary/aromatic N) is 1. The Morgan fingerprint density at radius 2 is 1.83 bits per heavy atom. The van der Waals surface area contributed by atoms with E-state index in [1.54, 1.807) is 0 Å². The van der Waals surface area contributed by atoms with E-state index < -0.39 is 17.9 Å². The van der Waals surface area contributed by atoms with Crippen LogP contribution in [0.15, 0.2) is 18.2 Å². The van der Waals surface area contributed by atoms with Crippen LogP contribution in [0.3, 0.4) is 0 Å². The molecule has 0 aliphatic heterocycles. The van der Waals surface area contributed by atoms with Crippen molar-refractivity contribution in [3.8, 4) is 6.07 Å². The van der Waals surface area contributed by atoms with Crippen molar-refractivity contribution >= 4 is 23.5 Å². The van der Waals surface area contributed by atoms with Crippen molar-refractivity contribution in [2.45, 2.75) is 5.92 Å². The highest BCUT2D eigenvalue weighted by Gasteiger charge is 2.30. The normalized spacial score (nSPS) is 9.72. The lowest BCUT2D eigenvalue weighted by Gasteiger charge is -2.13. The van der Waals surface area contributed by atoms with E-state index in [1.165, 1.54) is 32.4 Å². The van der Waals surface area contributed by atoms with Gasteiger partial charge in [-0.25, -0.2) is 0 Å². The SMILES string of the molecule is COC(=O)C(C(=O)OC)c1ccc(C#N)c(Cl)c1. The van der Waals surface area contributed by atoms with Gasteiger partial charge in [0.1, 0.15) is 6.07 Å². The maximum atomic E-state index is 11.5. The molecule has 0 saturated carbocycles. The van der Waals surface area contributed by atoms with Gasteiger partial charge in [0.2, 0.25) is 0 Å². The van der Waals surface area contributed by atoms with Crippen LogP contribution in [0.4, 0.5) is 0 Å². The first kappa shape index (κ1) is 14.0. The van der Waals surface area contributed by atoms with Crippen LogP contribution in [0.5, 0.6) is 0 Å². The summed E-state index contributed by atoms with van der Waals surface area (Å²) in [4.78, 5) is 23.1. The van der Waals surface area contributed by atoms with E-state index in [-0.39, 0.29) is 10.6 Å². The molecule has 94 valence electrons. The van der Waals surface area contributed by atoms with E-state index in [9.17, 15) is 9.59 Å². The molecule has 0 N–H and O–H groups in total. The van der Waals surface area contributed by atoms with Crippen molar-refractivity contribution in [3.05, 3.63) is 34.3 Å². The summed E-state index contributed by atoms with van der Waals surface area (Å²) in [6, 6.07) is 6.15. The van der Waals surface area contributed by atoms with Crippen LogP contribution in [-0.2, 0) is 19.1 Å². The summed E-state index contributed by atoms with van der Waals surface area (Å²) in [5.74, 6) is -2.70. The van der Waals surface area contributed by atoms with Gasteiger partial charge in [0, 0.05) is 0 Å². The smallest absolute Gasteiger partial charge is 0.324 e. The number of ether oxygens (including phenoxy) is 2. The topological polar surface area (TPSA) is 76.4 Å². The average Bonchev–Trinajstić information content (AvgIpc) is 2.38. The van der Waals surface area contributed by atoms with Crippen LogP contribution in [-0.4, -0.2) is 26.2 Å². The first-order valence-electron chi connectivity index (χ1n) is 4.90. The molecular formula is C12H10ClNO4. The first-order valence-corrected chi connectivity index (χ1v) is 5.28. The minimum absolute atomic E-state index is 0.160. The van der Waals surface area contributed by atoms with Gasteiger partial charge < -0.3 is 9.47 Å². The van der Waals surface area contributed by atoms with Gasteiger partial charge in [-0.2, -0.15) is 5.26 Å². The molecule has 0 unspecified atom stereocenters. The Hall–Kier alpha value is -2.06. The van der Waals surface area contributed by atoms with Crippen molar-refractivity contribution in [1.29, 1.82) is 5.26 Å². The number of benzene rings is 1. The van der Waals surface area contributed by atoms with E-state index in [2.05, 4.69) is 9.47 Å². The molecule has 6 heteroatoms. The number of hydrogen-bond acceptors (Lipinski definition) is 5. The largest absolute Gasteiger partial charge is 0.468 e. The zero-order valence-corrected chi connectivity index (χ0v) is 10.5. The van der Waals surface area contributed by atoms with Crippen LogP contribution < -0.4 is 0 Å². The molecule has 0 aliphatic rings. The lowest BCUT2D eigenvalue weighted by atomic mass is 9.98. The number of esters is 2. The Morgan fingerprint density at radius 1 is 1.28 bits per heavy atom. The van der Waals surface area contributed by atoms with Gasteiger partial charge in [-0.1, -0.05) is 17.7 Å². The lowest BCUT2D eigenvalue weighted by molar-refractivity contribution is -0.154. The Balaban J connectivity index is 3.22. The van der Waals surface area contributed by atoms with E-state index in [0.29, 0.717) is 5.56 Å². The third kappa shape index (κ3) is 2.79. The standard InChI is InChI=1S/C12H10ClNO4/c1-17-11(15)10(12(16)18-2)7-3-4-8(6-14)9(13)5-7/h3-5,10H,1-2H3. The molecule has 0 saturated heterocycles. The Morgan fingerprint density at radius 3 is 2.22 bits per heavy atom. The molecule has 1 rings (SSSR count). The number of halogens is 1. The second kappa shape index (κ2) is 6.03. The van der Waals surface area contributed by atoms with Crippen LogP contribution in [0, 0.1) is 11.3 Å². The predicted octanol–water partition coefficient (Wildman–Crippen LogP) is 1.64. The fourth-order valence-corrected chi connectivity index (χ4v) is 1.64. The van der Waals surface area contributed by atoms with Crippen LogP contribution in [0.2, 0.25) is 5.02 Å². The fraction of sp³-hybridized carbons (Fsp3) is 0.250. The molecule has 1 aromatic carbocycles. The van der Waals surface area contributed by atoms with Crippen LogP contribution in [0.1, 0.15) is 17.0 Å². The van der Waals surface area contributed by atoms with Gasteiger partial charge in [-0.3, -0.25) is 9.59 Å². The molecular weight excluding hydrogens is 258 g/mol. The van der Waals surface area contributed by atoms with Gasteiger partial charge in [-0.15, -0.1) is 0 Å². The molecule has 0 aliphatic carbocycles. The maximum Gasteiger partial charge on any atom is 0.324 e. The number of hydrogen-bond donors (Lipinski definition) is 0. The Labute approximate surface area is 109 Å². The number of rotatable bonds is 3. The summed E-state index contributed by atoms with van der Waals surface area (Å²) in [5, 5.41) is 8.90. The molecule has 0 heterocycles. The molecule has 0 bridgehead atoms. The van der Waals surface area contributed by atoms with Gasteiger partial charge in [0.05, 0.1) is 24.8 Å². The molecule has 0 amide bonds. The minimum Gasteiger partial charge on any atom is -0.468 e. The third-order valence-corrected chi connectivity index (χ3v) is 2.63. The Kier molecular flexibility index (Phi) is 4.69. The molecule has 0 fully saturated rings. The molecule has 5 nitrogen and oxygen atoms in total. The van der Waals surface area contributed by atoms with Crippen molar-refractivity contribution in [1.82, 2.24) is 0 Å². The van der Waals surface area contributed by atoms with E-state index in [0.717, 1.165) is 0 Å². The second-order valence-electron chi connectivity index (χ2n) is 3.33. The summed E-state index contributed by atoms with van der Waals surface area (Å²) >= 11 is 5.84. The fourth-order valence-electron chi connectivity index (χ4n) is 1.41. The monoisotopic (exact) mass is 267 g/mol. The quantitative estimate of drug-likeness (QED) is 0.615. The van der Waals surface area contributed by atoms with E-state index in [1.807, 2.05) is 6.07 Å². The highest BCUT2D eigenvalue weighted by molar-refractivity contribution is 6.31. The molecule has 0 radical (unpaired) electrons. The molecule has 18 heavy (non-hydrogen) atoms. The highest BCUT2D eigenvalue weighted by Crippen LogP contribution is 2.24. The summed E-state index contributed by atoms with van der Waals surface area (Å²) in [6.07, 6.45) is 0. The highest BCUT2D eigenvalue weighted by atomic mass is 35.5. The van der Waals surface area contributed by atoms with Crippen molar-refractivity contribution in [2.75, 3.05) is 14.2 Å². The van der Waals surface area contributed by atoms with Crippen LogP contribution in [0.25, 0.3) is 0 Å². The van der Waals surface area contributed by atoms with Gasteiger partial charge >= 0.3 is 11.9 Å². The molecule has 0 spiro atoms. The number of methoxy groups -OCH3 is 2. The lowest BCUT2D eigenvalue weighted by Crippen LogP contribution is -2.24. The molecule has 0 atom stereocenters. The van der Waals surface area contributed by atoms with Crippen molar-refractivity contribution < 1.29 is 19.1 Å². The van der Waals surface area contributed by atoms with E-state index in [4.69, 9.17) is 16.9 Å². The minimum atomic E-state index is -1.20. The molecule has 0 aromatic heterocycles. The van der Waals surface area contributed by atoms with Gasteiger partial charge in [0.25, 0.3) is 0 Å². The third-order valence-electron chi connectivity index (χ3n) is 2.32. The zero-order chi connectivity index (χ0) is 13.7. The van der Waals surface area contributed by atoms with Gasteiger partial charge in [0.15, 0.2) is 5.92 Å². The summed E-state index contributed by atoms with van der Waals surface area (Å²) in [5.41, 5.74) is 0.576. The maximum absolute atomic E-state index is 11.5. The van der Waals surface area contributed by atoms with Crippen molar-refractivity contribution in [3.63, 3.8) is 0 Å². The predicted molar refractivity (Wildman–Crippen MR) is 62.9 cm³/mol. The summed E-state index contributed by atoms with van der Waals surface area (Å²) < 4.78 is 9.08. The van der Waals surface area contributed by atoms with E-state index >= 15 is 0 Å². The molecule has 1 aromatic rings. The van der Waals surface area contributed by atoms with Crippen LogP contribution >= 0.6 is 11.6 Å². The first-order chi connectivity index (χ1) is 8.54.